The summed E-state index contributed by atoms with van der Waals surface area (Å²) in [7, 11) is -4.60. The Bertz CT molecular complexity index is 643. The van der Waals surface area contributed by atoms with Crippen molar-refractivity contribution in [3.05, 3.63) is 54.1 Å². The van der Waals surface area contributed by atoms with Crippen molar-refractivity contribution >= 4 is 27.0 Å². The van der Waals surface area contributed by atoms with E-state index in [1.54, 1.807) is 0 Å². The predicted molar refractivity (Wildman–Crippen MR) is 70.1 cm³/mol. The number of pyridine rings is 1. The van der Waals surface area contributed by atoms with Crippen molar-refractivity contribution in [3.63, 3.8) is 0 Å². The molecule has 100 valence electrons. The highest BCUT2D eigenvalue weighted by Crippen LogP contribution is 2.07. The lowest BCUT2D eigenvalue weighted by Gasteiger charge is -1.91. The normalized spacial score (nSPS) is 10.4. The molecule has 7 heteroatoms. The Balaban J connectivity index is 0.000000192. The maximum atomic E-state index is 9.85. The van der Waals surface area contributed by atoms with Gasteiger partial charge in [0.25, 0.3) is 0 Å². The number of fused-ring (bicyclic) bond motifs is 1. The highest BCUT2D eigenvalue weighted by molar-refractivity contribution is 7.90. The molecule has 2 rings (SSSR count). The minimum Gasteiger partial charge on any atom is -0.477 e. The zero-order chi connectivity index (χ0) is 14.5. The summed E-state index contributed by atoms with van der Waals surface area (Å²) in [4.78, 5) is 12.7. The molecule has 0 aliphatic carbocycles. The average molecular weight is 281 g/mol. The maximum absolute atomic E-state index is 9.85. The van der Waals surface area contributed by atoms with Gasteiger partial charge in [-0.05, 0) is 12.1 Å². The number of carboxylic acids is 1. The van der Waals surface area contributed by atoms with Crippen molar-refractivity contribution < 1.29 is 22.9 Å². The zero-order valence-corrected chi connectivity index (χ0v) is 10.5. The first-order valence-corrected chi connectivity index (χ1v) is 6.46. The lowest BCUT2D eigenvalue weighted by atomic mass is 10.2. The third kappa shape index (κ3) is 4.49. The summed E-state index contributed by atoms with van der Waals surface area (Å²) >= 11 is 0. The lowest BCUT2D eigenvalue weighted by Crippen LogP contribution is -2.09. The first-order chi connectivity index (χ1) is 8.82. The van der Waals surface area contributed by atoms with Crippen LogP contribution >= 0.6 is 0 Å². The number of para-hydroxylation sites is 1. The Kier molecular flexibility index (Phi) is 4.74. The second-order valence-corrected chi connectivity index (χ2v) is 4.84. The molecular weight excluding hydrogens is 270 g/mol. The van der Waals surface area contributed by atoms with Crippen molar-refractivity contribution in [2.45, 2.75) is 0 Å². The molecule has 0 bridgehead atoms. The molecule has 0 saturated heterocycles. The monoisotopic (exact) mass is 281 g/mol. The maximum Gasteiger partial charge on any atom is 0.349 e. The third-order valence-electron chi connectivity index (χ3n) is 2.06. The highest BCUT2D eigenvalue weighted by Gasteiger charge is 2.17. The van der Waals surface area contributed by atoms with Gasteiger partial charge in [-0.1, -0.05) is 30.8 Å². The van der Waals surface area contributed by atoms with Crippen LogP contribution in [0.15, 0.2) is 54.1 Å². The van der Waals surface area contributed by atoms with Gasteiger partial charge in [-0.15, -0.1) is 0 Å². The molecule has 6 nitrogen and oxygen atoms in total. The summed E-state index contributed by atoms with van der Waals surface area (Å²) in [5.74, 6) is -1.75. The minimum atomic E-state index is -4.60. The number of nitrogens with zero attached hydrogens (tertiary/aromatic N) is 1. The Hall–Kier alpha value is -2.25. The average Bonchev–Trinajstić information content (AvgIpc) is 2.37. The fourth-order valence-corrected chi connectivity index (χ4v) is 1.35. The van der Waals surface area contributed by atoms with Crippen LogP contribution in [0.4, 0.5) is 0 Å². The molecule has 1 heterocycles. The molecule has 0 amide bonds. The van der Waals surface area contributed by atoms with Crippen molar-refractivity contribution in [2.75, 3.05) is 0 Å². The van der Waals surface area contributed by atoms with E-state index in [2.05, 4.69) is 23.7 Å². The van der Waals surface area contributed by atoms with Gasteiger partial charge in [0, 0.05) is 11.6 Å². The van der Waals surface area contributed by atoms with Crippen LogP contribution in [0.25, 0.3) is 10.9 Å². The van der Waals surface area contributed by atoms with Gasteiger partial charge in [-0.25, -0.2) is 4.79 Å². The second kappa shape index (κ2) is 6.07. The van der Waals surface area contributed by atoms with E-state index in [9.17, 15) is 13.2 Å². The first-order valence-electron chi connectivity index (χ1n) is 5.02. The van der Waals surface area contributed by atoms with Crippen molar-refractivity contribution in [1.82, 2.24) is 4.98 Å². The number of carboxylic acid groups (broad SMARTS) is 1. The number of hydrogen-bond acceptors (Lipinski definition) is 4. The van der Waals surface area contributed by atoms with Gasteiger partial charge < -0.3 is 5.11 Å². The van der Waals surface area contributed by atoms with Crippen LogP contribution in [0.5, 0.6) is 0 Å². The molecule has 19 heavy (non-hydrogen) atoms. The van der Waals surface area contributed by atoms with Crippen LogP contribution in [0, 0.1) is 0 Å². The van der Waals surface area contributed by atoms with E-state index in [0.717, 1.165) is 5.52 Å². The molecule has 0 aliphatic heterocycles. The Morgan fingerprint density at radius 1 is 1.16 bits per heavy atom. The predicted octanol–water partition coefficient (Wildman–Crippen LogP) is 1.71. The van der Waals surface area contributed by atoms with E-state index in [1.807, 2.05) is 30.5 Å². The topological polar surface area (TPSA) is 105 Å². The second-order valence-electron chi connectivity index (χ2n) is 3.40. The van der Waals surface area contributed by atoms with Crippen LogP contribution in [-0.2, 0) is 14.9 Å². The third-order valence-corrected chi connectivity index (χ3v) is 2.86. The molecular formula is C12H11NO5S. The van der Waals surface area contributed by atoms with Crippen LogP contribution in [-0.4, -0.2) is 29.0 Å². The SMILES string of the molecule is C=C(C(=O)O)S(=O)(=O)O.c1ccc2ncccc2c1. The van der Waals surface area contributed by atoms with Gasteiger partial charge in [-0.3, -0.25) is 9.54 Å². The summed E-state index contributed by atoms with van der Waals surface area (Å²) in [6.07, 6.45) is 1.81. The number of rotatable bonds is 2. The smallest absolute Gasteiger partial charge is 0.349 e. The number of benzene rings is 1. The van der Waals surface area contributed by atoms with Gasteiger partial charge in [0.1, 0.15) is 0 Å². The molecule has 0 unspecified atom stereocenters. The quantitative estimate of drug-likeness (QED) is 0.641. The minimum absolute atomic E-state index is 1.06. The number of carbonyl (C=O) groups is 1. The molecule has 1 aromatic carbocycles. The van der Waals surface area contributed by atoms with E-state index in [4.69, 9.17) is 9.66 Å². The summed E-state index contributed by atoms with van der Waals surface area (Å²) in [5, 5.41) is 9.08. The number of hydrogen-bond donors (Lipinski definition) is 2. The van der Waals surface area contributed by atoms with E-state index in [-0.39, 0.29) is 0 Å². The van der Waals surface area contributed by atoms with Gasteiger partial charge >= 0.3 is 16.1 Å². The molecule has 0 aliphatic rings. The molecule has 0 atom stereocenters. The molecule has 2 aromatic rings. The molecule has 1 aromatic heterocycles. The van der Waals surface area contributed by atoms with Gasteiger partial charge in [0.15, 0.2) is 4.91 Å². The van der Waals surface area contributed by atoms with E-state index in [1.165, 1.54) is 5.39 Å². The summed E-state index contributed by atoms with van der Waals surface area (Å²) in [6, 6.07) is 12.1. The Morgan fingerprint density at radius 3 is 2.21 bits per heavy atom. The first kappa shape index (κ1) is 14.8. The number of aromatic nitrogens is 1. The van der Waals surface area contributed by atoms with Crippen LogP contribution in [0.2, 0.25) is 0 Å². The summed E-state index contributed by atoms with van der Waals surface area (Å²) < 4.78 is 27.6. The highest BCUT2D eigenvalue weighted by atomic mass is 32.2. The van der Waals surface area contributed by atoms with Gasteiger partial charge in [0.2, 0.25) is 0 Å². The lowest BCUT2D eigenvalue weighted by molar-refractivity contribution is -0.131. The molecule has 0 radical (unpaired) electrons. The van der Waals surface area contributed by atoms with Gasteiger partial charge in [-0.2, -0.15) is 8.42 Å². The molecule has 0 fully saturated rings. The molecule has 0 saturated carbocycles. The standard InChI is InChI=1S/C9H7N.C3H4O5S/c1-2-6-9-8(4-1)5-3-7-10-9;1-2(3(4)5)9(6,7)8/h1-7H;1H2,(H,4,5)(H,6,7,8). The largest absolute Gasteiger partial charge is 0.477 e. The Labute approximate surface area is 109 Å². The van der Waals surface area contributed by atoms with E-state index >= 15 is 0 Å². The van der Waals surface area contributed by atoms with Crippen molar-refractivity contribution in [3.8, 4) is 0 Å². The van der Waals surface area contributed by atoms with Crippen LogP contribution in [0.1, 0.15) is 0 Å². The van der Waals surface area contributed by atoms with Crippen LogP contribution in [0.3, 0.4) is 0 Å². The fraction of sp³-hybridized carbons (Fsp3) is 0. The van der Waals surface area contributed by atoms with E-state index in [0.29, 0.717) is 0 Å². The fourth-order valence-electron chi connectivity index (χ4n) is 1.13. The van der Waals surface area contributed by atoms with Crippen molar-refractivity contribution in [1.29, 1.82) is 0 Å². The number of aliphatic carboxylic acids is 1. The van der Waals surface area contributed by atoms with E-state index < -0.39 is 21.0 Å². The zero-order valence-electron chi connectivity index (χ0n) is 9.72. The van der Waals surface area contributed by atoms with Crippen LogP contribution < -0.4 is 0 Å². The summed E-state index contributed by atoms with van der Waals surface area (Å²) in [6.45, 7) is 2.59. The van der Waals surface area contributed by atoms with Crippen molar-refractivity contribution in [2.24, 2.45) is 0 Å². The molecule has 0 spiro atoms. The molecule has 2 N–H and O–H groups in total. The summed E-state index contributed by atoms with van der Waals surface area (Å²) in [5.41, 5.74) is 1.06. The Morgan fingerprint density at radius 2 is 1.74 bits per heavy atom. The van der Waals surface area contributed by atoms with Gasteiger partial charge in [0.05, 0.1) is 5.52 Å².